The number of amides is 1. The van der Waals surface area contributed by atoms with E-state index in [-0.39, 0.29) is 11.9 Å². The van der Waals surface area contributed by atoms with Crippen LogP contribution >= 0.6 is 11.3 Å². The normalized spacial score (nSPS) is 10.3. The summed E-state index contributed by atoms with van der Waals surface area (Å²) in [5, 5.41) is 3.77. The summed E-state index contributed by atoms with van der Waals surface area (Å²) in [6.07, 6.45) is 0.303. The van der Waals surface area contributed by atoms with Crippen LogP contribution in [0, 0.1) is 13.8 Å². The predicted molar refractivity (Wildman–Crippen MR) is 86.3 cm³/mol. The van der Waals surface area contributed by atoms with Crippen molar-refractivity contribution in [1.82, 2.24) is 4.98 Å². The Labute approximate surface area is 133 Å². The second-order valence-electron chi connectivity index (χ2n) is 4.76. The Balaban J connectivity index is 1.97. The van der Waals surface area contributed by atoms with Crippen LogP contribution in [0.2, 0.25) is 0 Å². The van der Waals surface area contributed by atoms with Crippen LogP contribution in [0.5, 0.6) is 0 Å². The molecule has 0 aliphatic carbocycles. The minimum Gasteiger partial charge on any atom is -0.462 e. The molecule has 0 spiro atoms. The van der Waals surface area contributed by atoms with E-state index in [4.69, 9.17) is 4.74 Å². The number of nitrogens with zero attached hydrogens (tertiary/aromatic N) is 1. The van der Waals surface area contributed by atoms with E-state index in [0.717, 1.165) is 15.6 Å². The molecular formula is C16H18N2O3S. The van der Waals surface area contributed by atoms with Gasteiger partial charge in [0.25, 0.3) is 0 Å². The standard InChI is InChI=1S/C16H18N2O3S/c1-4-21-16(20)12-5-7-13(8-6-12)18-15(19)9-14-10(2)17-11(3)22-14/h5-8H,4,9H2,1-3H3,(H,18,19). The van der Waals surface area contributed by atoms with Gasteiger partial charge < -0.3 is 10.1 Å². The molecule has 1 N–H and O–H groups in total. The van der Waals surface area contributed by atoms with Gasteiger partial charge in [0.2, 0.25) is 5.91 Å². The molecule has 116 valence electrons. The van der Waals surface area contributed by atoms with Crippen molar-refractivity contribution < 1.29 is 14.3 Å². The lowest BCUT2D eigenvalue weighted by atomic mass is 10.2. The molecule has 0 bridgehead atoms. The monoisotopic (exact) mass is 318 g/mol. The Hall–Kier alpha value is -2.21. The molecule has 5 nitrogen and oxygen atoms in total. The van der Waals surface area contributed by atoms with Crippen molar-refractivity contribution >= 4 is 28.9 Å². The summed E-state index contributed by atoms with van der Waals surface area (Å²) < 4.78 is 4.91. The quantitative estimate of drug-likeness (QED) is 0.860. The van der Waals surface area contributed by atoms with Gasteiger partial charge in [-0.2, -0.15) is 0 Å². The summed E-state index contributed by atoms with van der Waals surface area (Å²) in [4.78, 5) is 28.9. The van der Waals surface area contributed by atoms with Gasteiger partial charge in [0, 0.05) is 10.6 Å². The highest BCUT2D eigenvalue weighted by atomic mass is 32.1. The number of nitrogens with one attached hydrogen (secondary N) is 1. The lowest BCUT2D eigenvalue weighted by Crippen LogP contribution is -2.14. The molecule has 0 saturated heterocycles. The molecule has 0 atom stereocenters. The Morgan fingerprint density at radius 3 is 2.45 bits per heavy atom. The van der Waals surface area contributed by atoms with Crippen LogP contribution in [-0.4, -0.2) is 23.5 Å². The first kappa shape index (κ1) is 16.2. The molecule has 1 aromatic heterocycles. The van der Waals surface area contributed by atoms with Crippen molar-refractivity contribution in [3.05, 3.63) is 45.4 Å². The maximum absolute atomic E-state index is 12.0. The van der Waals surface area contributed by atoms with Gasteiger partial charge in [-0.15, -0.1) is 11.3 Å². The van der Waals surface area contributed by atoms with Crippen molar-refractivity contribution in [2.45, 2.75) is 27.2 Å². The first-order valence-electron chi connectivity index (χ1n) is 6.99. The average Bonchev–Trinajstić information content (AvgIpc) is 2.77. The molecule has 1 amide bonds. The van der Waals surface area contributed by atoms with E-state index < -0.39 is 0 Å². The summed E-state index contributed by atoms with van der Waals surface area (Å²) in [5.74, 6) is -0.466. The molecule has 0 radical (unpaired) electrons. The zero-order valence-corrected chi connectivity index (χ0v) is 13.6. The topological polar surface area (TPSA) is 68.3 Å². The Morgan fingerprint density at radius 1 is 1.23 bits per heavy atom. The van der Waals surface area contributed by atoms with Gasteiger partial charge >= 0.3 is 5.97 Å². The molecule has 0 saturated carbocycles. The van der Waals surface area contributed by atoms with E-state index in [2.05, 4.69) is 10.3 Å². The van der Waals surface area contributed by atoms with E-state index in [1.165, 1.54) is 11.3 Å². The highest BCUT2D eigenvalue weighted by Gasteiger charge is 2.11. The Morgan fingerprint density at radius 2 is 1.91 bits per heavy atom. The number of hydrogen-bond acceptors (Lipinski definition) is 5. The smallest absolute Gasteiger partial charge is 0.338 e. The Kier molecular flexibility index (Phi) is 5.27. The second-order valence-corrected chi connectivity index (χ2v) is 6.05. The first-order chi connectivity index (χ1) is 10.5. The number of carbonyl (C=O) groups excluding carboxylic acids is 2. The lowest BCUT2D eigenvalue weighted by Gasteiger charge is -2.06. The highest BCUT2D eigenvalue weighted by molar-refractivity contribution is 7.11. The van der Waals surface area contributed by atoms with Crippen LogP contribution < -0.4 is 5.32 Å². The minimum absolute atomic E-state index is 0.101. The number of hydrogen-bond donors (Lipinski definition) is 1. The number of aromatic nitrogens is 1. The fourth-order valence-corrected chi connectivity index (χ4v) is 2.93. The lowest BCUT2D eigenvalue weighted by molar-refractivity contribution is -0.115. The van der Waals surface area contributed by atoms with E-state index in [9.17, 15) is 9.59 Å². The number of benzene rings is 1. The van der Waals surface area contributed by atoms with Gasteiger partial charge in [0.15, 0.2) is 0 Å². The van der Waals surface area contributed by atoms with Crippen LogP contribution in [0.1, 0.15) is 32.9 Å². The van der Waals surface area contributed by atoms with Gasteiger partial charge in [-0.25, -0.2) is 9.78 Å². The number of thiazole rings is 1. The molecule has 1 aromatic carbocycles. The van der Waals surface area contributed by atoms with Gasteiger partial charge in [-0.05, 0) is 45.0 Å². The van der Waals surface area contributed by atoms with Crippen LogP contribution in [-0.2, 0) is 16.0 Å². The summed E-state index contributed by atoms with van der Waals surface area (Å²) in [5.41, 5.74) is 2.01. The first-order valence-corrected chi connectivity index (χ1v) is 7.81. The molecule has 0 aliphatic heterocycles. The summed E-state index contributed by atoms with van der Waals surface area (Å²) in [7, 11) is 0. The van der Waals surface area contributed by atoms with Gasteiger partial charge in [0.1, 0.15) is 0 Å². The SMILES string of the molecule is CCOC(=O)c1ccc(NC(=O)Cc2sc(C)nc2C)cc1. The highest BCUT2D eigenvalue weighted by Crippen LogP contribution is 2.18. The zero-order valence-electron chi connectivity index (χ0n) is 12.8. The number of ether oxygens (including phenoxy) is 1. The maximum Gasteiger partial charge on any atom is 0.338 e. The fraction of sp³-hybridized carbons (Fsp3) is 0.312. The molecule has 1 heterocycles. The van der Waals surface area contributed by atoms with Crippen molar-refractivity contribution in [3.63, 3.8) is 0 Å². The average molecular weight is 318 g/mol. The number of esters is 1. The molecule has 2 aromatic rings. The van der Waals surface area contributed by atoms with Crippen molar-refractivity contribution in [2.75, 3.05) is 11.9 Å². The number of carbonyl (C=O) groups is 2. The number of rotatable bonds is 5. The molecule has 0 fully saturated rings. The third-order valence-electron chi connectivity index (χ3n) is 3.00. The number of anilines is 1. The number of aryl methyl sites for hydroxylation is 2. The maximum atomic E-state index is 12.0. The summed E-state index contributed by atoms with van der Waals surface area (Å²) in [6.45, 7) is 5.92. The second kappa shape index (κ2) is 7.17. The third-order valence-corrected chi connectivity index (χ3v) is 4.07. The van der Waals surface area contributed by atoms with Gasteiger partial charge in [0.05, 0.1) is 29.3 Å². The summed E-state index contributed by atoms with van der Waals surface area (Å²) in [6, 6.07) is 6.65. The van der Waals surface area contributed by atoms with Crippen LogP contribution in [0.25, 0.3) is 0 Å². The van der Waals surface area contributed by atoms with Crippen molar-refractivity contribution in [1.29, 1.82) is 0 Å². The largest absolute Gasteiger partial charge is 0.462 e. The molecule has 6 heteroatoms. The Bertz CT molecular complexity index is 677. The van der Waals surface area contributed by atoms with Crippen molar-refractivity contribution in [2.24, 2.45) is 0 Å². The van der Waals surface area contributed by atoms with Crippen LogP contribution in [0.15, 0.2) is 24.3 Å². The van der Waals surface area contributed by atoms with Gasteiger partial charge in [-0.3, -0.25) is 4.79 Å². The van der Waals surface area contributed by atoms with Crippen LogP contribution in [0.4, 0.5) is 5.69 Å². The third kappa shape index (κ3) is 4.14. The molecule has 2 rings (SSSR count). The zero-order chi connectivity index (χ0) is 16.1. The van der Waals surface area contributed by atoms with E-state index in [1.807, 2.05) is 13.8 Å². The molecular weight excluding hydrogens is 300 g/mol. The van der Waals surface area contributed by atoms with E-state index in [0.29, 0.717) is 24.3 Å². The molecule has 22 heavy (non-hydrogen) atoms. The van der Waals surface area contributed by atoms with E-state index in [1.54, 1.807) is 31.2 Å². The fourth-order valence-electron chi connectivity index (χ4n) is 1.99. The molecule has 0 unspecified atom stereocenters. The predicted octanol–water partition coefficient (Wildman–Crippen LogP) is 3.12. The van der Waals surface area contributed by atoms with Gasteiger partial charge in [-0.1, -0.05) is 0 Å². The minimum atomic E-state index is -0.365. The van der Waals surface area contributed by atoms with Crippen LogP contribution in [0.3, 0.4) is 0 Å². The van der Waals surface area contributed by atoms with E-state index >= 15 is 0 Å². The van der Waals surface area contributed by atoms with Crippen molar-refractivity contribution in [3.8, 4) is 0 Å². The molecule has 0 aliphatic rings. The summed E-state index contributed by atoms with van der Waals surface area (Å²) >= 11 is 1.53.